The zero-order valence-corrected chi connectivity index (χ0v) is 18.9. The minimum absolute atomic E-state index is 0.194. The summed E-state index contributed by atoms with van der Waals surface area (Å²) in [7, 11) is 0. The maximum absolute atomic E-state index is 6.44. The number of anilines is 3. The van der Waals surface area contributed by atoms with Crippen molar-refractivity contribution in [2.75, 3.05) is 11.1 Å². The zero-order chi connectivity index (χ0) is 23.8. The smallest absolute Gasteiger partial charge is 0.228 e. The normalized spacial score (nSPS) is 11.1. The second-order valence-corrected chi connectivity index (χ2v) is 8.10. The van der Waals surface area contributed by atoms with Crippen molar-refractivity contribution in [2.24, 2.45) is 0 Å². The lowest BCUT2D eigenvalue weighted by molar-refractivity contribution is 0.467. The van der Waals surface area contributed by atoms with E-state index in [1.54, 1.807) is 18.5 Å². The van der Waals surface area contributed by atoms with Crippen LogP contribution in [0.5, 0.6) is 11.6 Å². The number of fused-ring (bicyclic) bond motifs is 2. The average Bonchev–Trinajstić information content (AvgIpc) is 3.29. The monoisotopic (exact) mass is 459 g/mol. The highest BCUT2D eigenvalue weighted by molar-refractivity contribution is 6.00. The zero-order valence-electron chi connectivity index (χ0n) is 18.9. The molecule has 0 atom stereocenters. The summed E-state index contributed by atoms with van der Waals surface area (Å²) in [5.74, 6) is 2.03. The van der Waals surface area contributed by atoms with Gasteiger partial charge >= 0.3 is 0 Å². The summed E-state index contributed by atoms with van der Waals surface area (Å²) >= 11 is 0. The number of nitrogen functional groups attached to an aromatic ring is 1. The number of aromatic nitrogens is 5. The average molecular weight is 460 g/mol. The van der Waals surface area contributed by atoms with Crippen LogP contribution in [0.2, 0.25) is 0 Å². The van der Waals surface area contributed by atoms with Crippen molar-refractivity contribution in [2.45, 2.75) is 6.92 Å². The van der Waals surface area contributed by atoms with Crippen LogP contribution in [0.15, 0.2) is 85.2 Å². The molecule has 8 nitrogen and oxygen atoms in total. The topological polar surface area (TPSA) is 115 Å². The maximum atomic E-state index is 6.44. The molecule has 0 saturated heterocycles. The Morgan fingerprint density at radius 2 is 1.69 bits per heavy atom. The third-order valence-corrected chi connectivity index (χ3v) is 5.74. The first-order valence-electron chi connectivity index (χ1n) is 11.1. The van der Waals surface area contributed by atoms with Crippen molar-refractivity contribution >= 4 is 39.4 Å². The largest absolute Gasteiger partial charge is 0.437 e. The summed E-state index contributed by atoms with van der Waals surface area (Å²) < 4.78 is 6.44. The van der Waals surface area contributed by atoms with Crippen LogP contribution < -0.4 is 15.8 Å². The van der Waals surface area contributed by atoms with E-state index in [4.69, 9.17) is 10.5 Å². The van der Waals surface area contributed by atoms with Gasteiger partial charge in [0, 0.05) is 28.9 Å². The van der Waals surface area contributed by atoms with E-state index in [2.05, 4.69) is 42.4 Å². The molecular weight excluding hydrogens is 438 g/mol. The Labute approximate surface area is 200 Å². The number of H-pyrrole nitrogens is 1. The minimum Gasteiger partial charge on any atom is -0.437 e. The third kappa shape index (κ3) is 3.87. The highest BCUT2D eigenvalue weighted by atomic mass is 16.5. The van der Waals surface area contributed by atoms with Gasteiger partial charge in [0.25, 0.3) is 0 Å². The molecule has 0 bridgehead atoms. The number of hydrogen-bond acceptors (Lipinski definition) is 7. The van der Waals surface area contributed by atoms with Gasteiger partial charge in [-0.05, 0) is 48.9 Å². The van der Waals surface area contributed by atoms with Crippen LogP contribution in [0, 0.1) is 6.92 Å². The van der Waals surface area contributed by atoms with Crippen molar-refractivity contribution in [1.29, 1.82) is 0 Å². The third-order valence-electron chi connectivity index (χ3n) is 5.74. The lowest BCUT2D eigenvalue weighted by atomic mass is 10.0. The van der Waals surface area contributed by atoms with Gasteiger partial charge < -0.3 is 20.8 Å². The van der Waals surface area contributed by atoms with Crippen molar-refractivity contribution in [3.05, 3.63) is 90.8 Å². The highest BCUT2D eigenvalue weighted by Gasteiger charge is 2.16. The van der Waals surface area contributed by atoms with Gasteiger partial charge in [0.2, 0.25) is 17.8 Å². The van der Waals surface area contributed by atoms with E-state index in [0.717, 1.165) is 44.4 Å². The molecule has 4 N–H and O–H groups in total. The maximum Gasteiger partial charge on any atom is 0.228 e. The van der Waals surface area contributed by atoms with Crippen LogP contribution in [0.25, 0.3) is 33.1 Å². The van der Waals surface area contributed by atoms with E-state index in [-0.39, 0.29) is 5.95 Å². The Morgan fingerprint density at radius 3 is 2.54 bits per heavy atom. The Morgan fingerprint density at radius 1 is 0.857 bits per heavy atom. The molecule has 0 aliphatic rings. The van der Waals surface area contributed by atoms with Gasteiger partial charge in [-0.1, -0.05) is 36.4 Å². The SMILES string of the molecule is Cc1cc(Nc2nc3ccccc3[nH]2)c2ccccc2c1Oc1ncccc1-c1ccnc(N)n1. The molecule has 3 heterocycles. The lowest BCUT2D eigenvalue weighted by Crippen LogP contribution is -2.00. The van der Waals surface area contributed by atoms with E-state index in [1.165, 1.54) is 0 Å². The summed E-state index contributed by atoms with van der Waals surface area (Å²) in [6.07, 6.45) is 3.31. The van der Waals surface area contributed by atoms with Gasteiger partial charge in [0.15, 0.2) is 0 Å². The number of rotatable bonds is 5. The summed E-state index contributed by atoms with van der Waals surface area (Å²) in [6, 6.07) is 23.6. The molecular formula is C27H21N7O. The van der Waals surface area contributed by atoms with E-state index in [1.807, 2.05) is 61.5 Å². The molecule has 0 unspecified atom stereocenters. The molecule has 170 valence electrons. The number of para-hydroxylation sites is 2. The molecule has 0 radical (unpaired) electrons. The molecule has 0 aliphatic heterocycles. The molecule has 0 spiro atoms. The summed E-state index contributed by atoms with van der Waals surface area (Å²) in [6.45, 7) is 2.01. The number of nitrogens with one attached hydrogen (secondary N) is 2. The van der Waals surface area contributed by atoms with Crippen molar-refractivity contribution < 1.29 is 4.74 Å². The molecule has 35 heavy (non-hydrogen) atoms. The van der Waals surface area contributed by atoms with Crippen LogP contribution in [-0.2, 0) is 0 Å². The van der Waals surface area contributed by atoms with Crippen molar-refractivity contribution in [1.82, 2.24) is 24.9 Å². The van der Waals surface area contributed by atoms with E-state index in [0.29, 0.717) is 17.5 Å². The number of nitrogens with two attached hydrogens (primary N) is 1. The lowest BCUT2D eigenvalue weighted by Gasteiger charge is -2.16. The number of benzene rings is 3. The predicted octanol–water partition coefficient (Wildman–Crippen LogP) is 5.99. The van der Waals surface area contributed by atoms with Gasteiger partial charge in [-0.15, -0.1) is 0 Å². The number of imidazole rings is 1. The fraction of sp³-hybridized carbons (Fsp3) is 0.0370. The van der Waals surface area contributed by atoms with Crippen LogP contribution in [-0.4, -0.2) is 24.9 Å². The first-order chi connectivity index (χ1) is 17.2. The van der Waals surface area contributed by atoms with Crippen molar-refractivity contribution in [3.63, 3.8) is 0 Å². The van der Waals surface area contributed by atoms with E-state index < -0.39 is 0 Å². The standard InChI is InChI=1S/C27H21N7O/c1-16-15-23(34-27-32-21-10-4-5-11-22(21)33-27)17-7-2-3-8-18(17)24(16)35-25-19(9-6-13-29-25)20-12-14-30-26(28)31-20/h2-15H,1H3,(H2,28,30,31)(H2,32,33,34). The van der Waals surface area contributed by atoms with Crippen LogP contribution in [0.4, 0.5) is 17.6 Å². The van der Waals surface area contributed by atoms with Gasteiger partial charge in [-0.3, -0.25) is 0 Å². The Hall–Kier alpha value is -4.98. The molecule has 3 aromatic carbocycles. The van der Waals surface area contributed by atoms with Gasteiger partial charge in [-0.2, -0.15) is 0 Å². The summed E-state index contributed by atoms with van der Waals surface area (Å²) in [5, 5.41) is 5.39. The Balaban J connectivity index is 1.42. The number of aryl methyl sites for hydroxylation is 1. The first kappa shape index (κ1) is 20.6. The van der Waals surface area contributed by atoms with Crippen LogP contribution in [0.1, 0.15) is 5.56 Å². The first-order valence-corrected chi connectivity index (χ1v) is 11.1. The molecule has 0 saturated carbocycles. The molecule has 6 aromatic rings. The van der Waals surface area contributed by atoms with Gasteiger partial charge in [0.1, 0.15) is 5.75 Å². The summed E-state index contributed by atoms with van der Waals surface area (Å²) in [5.41, 5.74) is 10.9. The summed E-state index contributed by atoms with van der Waals surface area (Å²) in [4.78, 5) is 20.8. The Kier molecular flexibility index (Phi) is 4.96. The number of hydrogen-bond donors (Lipinski definition) is 3. The number of ether oxygens (including phenoxy) is 1. The quantitative estimate of drug-likeness (QED) is 0.290. The highest BCUT2D eigenvalue weighted by Crippen LogP contribution is 2.40. The Bertz CT molecular complexity index is 1660. The molecule has 0 fully saturated rings. The fourth-order valence-corrected chi connectivity index (χ4v) is 4.15. The van der Waals surface area contributed by atoms with Gasteiger partial charge in [-0.25, -0.2) is 19.9 Å². The van der Waals surface area contributed by atoms with Gasteiger partial charge in [0.05, 0.1) is 22.3 Å². The van der Waals surface area contributed by atoms with Crippen molar-refractivity contribution in [3.8, 4) is 22.9 Å². The molecule has 6 rings (SSSR count). The number of aromatic amines is 1. The minimum atomic E-state index is 0.194. The molecule has 3 aromatic heterocycles. The van der Waals surface area contributed by atoms with Crippen LogP contribution >= 0.6 is 0 Å². The van der Waals surface area contributed by atoms with E-state index >= 15 is 0 Å². The molecule has 0 amide bonds. The van der Waals surface area contributed by atoms with Crippen LogP contribution in [0.3, 0.4) is 0 Å². The second kappa shape index (κ2) is 8.42. The van der Waals surface area contributed by atoms with E-state index in [9.17, 15) is 0 Å². The molecule has 8 heteroatoms. The number of nitrogens with zero attached hydrogens (tertiary/aromatic N) is 4. The molecule has 0 aliphatic carbocycles. The fourth-order valence-electron chi connectivity index (χ4n) is 4.15. The second-order valence-electron chi connectivity index (χ2n) is 8.10. The predicted molar refractivity (Wildman–Crippen MR) is 138 cm³/mol. The number of pyridine rings is 1.